The molecule has 8 nitrogen and oxygen atoms in total. The van der Waals surface area contributed by atoms with Crippen LogP contribution in [0.5, 0.6) is 0 Å². The molecular weight excluding hydrogens is 460 g/mol. The summed E-state index contributed by atoms with van der Waals surface area (Å²) in [6.45, 7) is 3.45. The van der Waals surface area contributed by atoms with Gasteiger partial charge in [-0.15, -0.1) is 11.3 Å². The Balaban J connectivity index is 1.33. The fourth-order valence-corrected chi connectivity index (χ4v) is 6.00. The van der Waals surface area contributed by atoms with Gasteiger partial charge in [0.15, 0.2) is 9.84 Å². The molecule has 0 saturated carbocycles. The Labute approximate surface area is 196 Å². The number of fused-ring (bicyclic) bond motifs is 1. The number of sulfone groups is 1. The van der Waals surface area contributed by atoms with Crippen molar-refractivity contribution < 1.29 is 18.0 Å². The average molecular weight is 485 g/mol. The lowest BCUT2D eigenvalue weighted by molar-refractivity contribution is -0.124. The highest BCUT2D eigenvalue weighted by molar-refractivity contribution is 7.90. The van der Waals surface area contributed by atoms with Gasteiger partial charge in [0.25, 0.3) is 5.91 Å². The van der Waals surface area contributed by atoms with E-state index in [2.05, 4.69) is 40.3 Å². The van der Waals surface area contributed by atoms with Crippen molar-refractivity contribution in [3.8, 4) is 0 Å². The molecule has 2 aromatic carbocycles. The van der Waals surface area contributed by atoms with Gasteiger partial charge in [-0.25, -0.2) is 23.1 Å². The third-order valence-corrected chi connectivity index (χ3v) is 8.62. The van der Waals surface area contributed by atoms with E-state index >= 15 is 0 Å². The van der Waals surface area contributed by atoms with Crippen molar-refractivity contribution in [1.29, 1.82) is 0 Å². The Kier molecular flexibility index (Phi) is 5.26. The summed E-state index contributed by atoms with van der Waals surface area (Å²) in [5.41, 5.74) is 3.31. The molecule has 0 unspecified atom stereocenters. The standard InChI is InChI=1S/C23H24N4O4S2/c1-15(16-6-7-20-19(12-16)24-14-32-20)26-10-8-23(9-11-26)21(28)27(22(29)25-23)17-4-3-5-18(13-17)33(2,30)31/h3-7,12-15H,8-11H2,1-2H3,(H,25,29)/t15-/m0/s1. The highest BCUT2D eigenvalue weighted by Crippen LogP contribution is 2.36. The molecular formula is C23H24N4O4S2. The quantitative estimate of drug-likeness (QED) is 0.570. The molecule has 1 N–H and O–H groups in total. The molecule has 0 bridgehead atoms. The van der Waals surface area contributed by atoms with Crippen molar-refractivity contribution in [3.63, 3.8) is 0 Å². The van der Waals surface area contributed by atoms with Crippen LogP contribution in [0.25, 0.3) is 10.2 Å². The molecule has 1 aromatic heterocycles. The number of imide groups is 1. The lowest BCUT2D eigenvalue weighted by Crippen LogP contribution is -2.55. The van der Waals surface area contributed by atoms with E-state index in [1.54, 1.807) is 23.5 Å². The minimum atomic E-state index is -3.46. The summed E-state index contributed by atoms with van der Waals surface area (Å²) in [5, 5.41) is 2.90. The first-order chi connectivity index (χ1) is 15.7. The zero-order chi connectivity index (χ0) is 23.4. The fourth-order valence-electron chi connectivity index (χ4n) is 4.69. The number of carbonyl (C=O) groups is 2. The van der Waals surface area contributed by atoms with Gasteiger partial charge in [-0.3, -0.25) is 9.69 Å². The topological polar surface area (TPSA) is 99.7 Å². The number of hydrogen-bond acceptors (Lipinski definition) is 7. The Morgan fingerprint density at radius 1 is 1.12 bits per heavy atom. The maximum atomic E-state index is 13.4. The van der Waals surface area contributed by atoms with E-state index in [1.807, 2.05) is 5.51 Å². The molecule has 3 heterocycles. The van der Waals surface area contributed by atoms with Gasteiger partial charge < -0.3 is 5.32 Å². The van der Waals surface area contributed by atoms with Crippen molar-refractivity contribution in [2.75, 3.05) is 24.2 Å². The Bertz CT molecular complexity index is 1360. The summed E-state index contributed by atoms with van der Waals surface area (Å²) in [5.74, 6) is -0.325. The van der Waals surface area contributed by atoms with Crippen LogP contribution in [0.4, 0.5) is 10.5 Å². The number of carbonyl (C=O) groups excluding carboxylic acids is 2. The number of thiazole rings is 1. The van der Waals surface area contributed by atoms with E-state index in [0.717, 1.165) is 21.4 Å². The maximum absolute atomic E-state index is 13.4. The van der Waals surface area contributed by atoms with Crippen molar-refractivity contribution in [1.82, 2.24) is 15.2 Å². The Hall–Kier alpha value is -2.82. The molecule has 2 saturated heterocycles. The number of nitrogens with one attached hydrogen (secondary N) is 1. The maximum Gasteiger partial charge on any atom is 0.329 e. The van der Waals surface area contributed by atoms with Crippen LogP contribution in [0.15, 0.2) is 52.9 Å². The van der Waals surface area contributed by atoms with Gasteiger partial charge in [0.05, 0.1) is 26.3 Å². The summed E-state index contributed by atoms with van der Waals surface area (Å²) in [6.07, 6.45) is 2.08. The number of aromatic nitrogens is 1. The molecule has 10 heteroatoms. The van der Waals surface area contributed by atoms with Gasteiger partial charge in [-0.05, 0) is 55.7 Å². The van der Waals surface area contributed by atoms with E-state index in [9.17, 15) is 18.0 Å². The third kappa shape index (κ3) is 3.81. The van der Waals surface area contributed by atoms with Gasteiger partial charge in [0, 0.05) is 25.4 Å². The zero-order valence-electron chi connectivity index (χ0n) is 18.3. The first-order valence-corrected chi connectivity index (χ1v) is 13.5. The van der Waals surface area contributed by atoms with Crippen LogP contribution in [-0.4, -0.2) is 55.1 Å². The van der Waals surface area contributed by atoms with Gasteiger partial charge in [0.2, 0.25) is 0 Å². The van der Waals surface area contributed by atoms with Crippen LogP contribution in [0.1, 0.15) is 31.4 Å². The predicted molar refractivity (Wildman–Crippen MR) is 127 cm³/mol. The number of rotatable bonds is 4. The van der Waals surface area contributed by atoms with Crippen LogP contribution in [0, 0.1) is 0 Å². The second-order valence-electron chi connectivity index (χ2n) is 8.71. The number of anilines is 1. The molecule has 2 fully saturated rings. The predicted octanol–water partition coefficient (Wildman–Crippen LogP) is 3.35. The number of piperidine rings is 1. The summed E-state index contributed by atoms with van der Waals surface area (Å²) >= 11 is 1.62. The van der Waals surface area contributed by atoms with Crippen molar-refractivity contribution in [3.05, 3.63) is 53.5 Å². The first kappa shape index (κ1) is 22.0. The number of benzene rings is 2. The van der Waals surface area contributed by atoms with E-state index in [1.165, 1.54) is 17.7 Å². The van der Waals surface area contributed by atoms with Crippen LogP contribution in [0.3, 0.4) is 0 Å². The normalized spacial score (nSPS) is 19.9. The Morgan fingerprint density at radius 3 is 2.61 bits per heavy atom. The van der Waals surface area contributed by atoms with Crippen LogP contribution in [0.2, 0.25) is 0 Å². The lowest BCUT2D eigenvalue weighted by Gasteiger charge is -2.40. The first-order valence-electron chi connectivity index (χ1n) is 10.7. The monoisotopic (exact) mass is 484 g/mol. The van der Waals surface area contributed by atoms with Gasteiger partial charge in [0.1, 0.15) is 5.54 Å². The largest absolute Gasteiger partial charge is 0.329 e. The average Bonchev–Trinajstić information content (AvgIpc) is 3.35. The van der Waals surface area contributed by atoms with Crippen LogP contribution in [-0.2, 0) is 14.6 Å². The molecule has 3 amide bonds. The highest BCUT2D eigenvalue weighted by Gasteiger charge is 2.53. The molecule has 1 atom stereocenters. The molecule has 3 aromatic rings. The lowest BCUT2D eigenvalue weighted by atomic mass is 9.86. The van der Waals surface area contributed by atoms with Crippen molar-refractivity contribution in [2.45, 2.75) is 36.2 Å². The number of amides is 3. The molecule has 0 radical (unpaired) electrons. The molecule has 5 rings (SSSR count). The summed E-state index contributed by atoms with van der Waals surface area (Å²) in [4.78, 5) is 34.0. The number of hydrogen-bond donors (Lipinski definition) is 1. The van der Waals surface area contributed by atoms with E-state index in [0.29, 0.717) is 25.9 Å². The molecule has 0 aliphatic carbocycles. The second-order valence-corrected chi connectivity index (χ2v) is 11.6. The number of nitrogens with zero attached hydrogens (tertiary/aromatic N) is 3. The van der Waals surface area contributed by atoms with Crippen LogP contribution < -0.4 is 10.2 Å². The van der Waals surface area contributed by atoms with E-state index < -0.39 is 21.4 Å². The fraction of sp³-hybridized carbons (Fsp3) is 0.348. The SMILES string of the molecule is C[C@@H](c1ccc2scnc2c1)N1CCC2(CC1)NC(=O)N(c1cccc(S(C)(=O)=O)c1)C2=O. The molecule has 33 heavy (non-hydrogen) atoms. The molecule has 2 aliphatic heterocycles. The van der Waals surface area contributed by atoms with Gasteiger partial charge >= 0.3 is 6.03 Å². The number of urea groups is 1. The zero-order valence-corrected chi connectivity index (χ0v) is 19.9. The third-order valence-electron chi connectivity index (χ3n) is 6.70. The minimum Gasteiger partial charge on any atom is -0.323 e. The second kappa shape index (κ2) is 7.89. The summed E-state index contributed by atoms with van der Waals surface area (Å²) in [7, 11) is -3.46. The molecule has 2 aliphatic rings. The highest BCUT2D eigenvalue weighted by atomic mass is 32.2. The summed E-state index contributed by atoms with van der Waals surface area (Å²) < 4.78 is 25.0. The van der Waals surface area contributed by atoms with Gasteiger partial charge in [-0.1, -0.05) is 12.1 Å². The smallest absolute Gasteiger partial charge is 0.323 e. The summed E-state index contributed by atoms with van der Waals surface area (Å²) in [6, 6.07) is 11.9. The van der Waals surface area contributed by atoms with Crippen LogP contribution >= 0.6 is 11.3 Å². The number of likely N-dealkylation sites (tertiary alicyclic amines) is 1. The van der Waals surface area contributed by atoms with E-state index in [4.69, 9.17) is 0 Å². The minimum absolute atomic E-state index is 0.0716. The molecule has 1 spiro atoms. The van der Waals surface area contributed by atoms with Crippen molar-refractivity contribution >= 4 is 49.0 Å². The van der Waals surface area contributed by atoms with Crippen molar-refractivity contribution in [2.24, 2.45) is 0 Å². The Morgan fingerprint density at radius 2 is 1.88 bits per heavy atom. The van der Waals surface area contributed by atoms with Gasteiger partial charge in [-0.2, -0.15) is 0 Å². The van der Waals surface area contributed by atoms with E-state index in [-0.39, 0.29) is 22.5 Å². The molecule has 172 valence electrons.